The highest BCUT2D eigenvalue weighted by atomic mass is 32.2. The molecule has 0 spiro atoms. The Hall–Kier alpha value is -2.47. The van der Waals surface area contributed by atoms with Crippen LogP contribution in [-0.4, -0.2) is 21.8 Å². The van der Waals surface area contributed by atoms with Gasteiger partial charge in [-0.1, -0.05) is 109 Å². The average Bonchev–Trinajstić information content (AvgIpc) is 2.99. The maximum Gasteiger partial charge on any atom is 0.339 e. The van der Waals surface area contributed by atoms with Gasteiger partial charge in [0.1, 0.15) is 17.1 Å². The molecule has 2 aromatic carbocycles. The van der Waals surface area contributed by atoms with Crippen molar-refractivity contribution in [3.8, 4) is 11.5 Å². The minimum Gasteiger partial charge on any atom is -0.506 e. The summed E-state index contributed by atoms with van der Waals surface area (Å²) in [5, 5.41) is 11.3. The molecule has 1 heterocycles. The zero-order valence-electron chi connectivity index (χ0n) is 26.7. The quantitative estimate of drug-likeness (QED) is 0.0741. The van der Waals surface area contributed by atoms with E-state index < -0.39 is 0 Å². The number of carbonyl (C=O) groups excluding carboxylic acids is 1. The molecular formula is C36H55N2O3S+. The van der Waals surface area contributed by atoms with Crippen molar-refractivity contribution in [2.45, 2.75) is 147 Å². The summed E-state index contributed by atoms with van der Waals surface area (Å²) >= 11 is 1.20. The highest BCUT2D eigenvalue weighted by Crippen LogP contribution is 2.48. The van der Waals surface area contributed by atoms with E-state index >= 15 is 0 Å². The molecule has 4 N–H and O–H groups in total. The zero-order valence-corrected chi connectivity index (χ0v) is 27.5. The fraction of sp³-hybridized carbons (Fsp3) is 0.611. The van der Waals surface area contributed by atoms with E-state index in [0.717, 1.165) is 41.7 Å². The summed E-state index contributed by atoms with van der Waals surface area (Å²) in [5.41, 5.74) is 9.33. The predicted octanol–water partition coefficient (Wildman–Crippen LogP) is 8.29. The third kappa shape index (κ3) is 10.4. The highest BCUT2D eigenvalue weighted by Gasteiger charge is 2.35. The topological polar surface area (TPSA) is 86.5 Å². The summed E-state index contributed by atoms with van der Waals surface area (Å²) in [7, 11) is 0. The Bertz CT molecular complexity index is 1160. The van der Waals surface area contributed by atoms with Crippen LogP contribution < -0.4 is 15.5 Å². The first-order chi connectivity index (χ1) is 20.3. The third-order valence-electron chi connectivity index (χ3n) is 8.82. The van der Waals surface area contributed by atoms with Crippen molar-refractivity contribution in [1.82, 2.24) is 0 Å². The van der Waals surface area contributed by atoms with Crippen LogP contribution in [0.15, 0.2) is 35.2 Å². The summed E-state index contributed by atoms with van der Waals surface area (Å²) in [6.45, 7) is 8.44. The van der Waals surface area contributed by atoms with Gasteiger partial charge in [0.15, 0.2) is 0 Å². The van der Waals surface area contributed by atoms with Crippen molar-refractivity contribution in [3.63, 3.8) is 0 Å². The Kier molecular flexibility index (Phi) is 14.3. The molecule has 0 saturated carbocycles. The number of amides is 1. The van der Waals surface area contributed by atoms with Gasteiger partial charge in [-0.3, -0.25) is 5.73 Å². The summed E-state index contributed by atoms with van der Waals surface area (Å²) < 4.78 is 6.71. The number of unbranched alkanes of at least 4 members (excludes halogenated alkanes) is 13. The predicted molar refractivity (Wildman–Crippen MR) is 177 cm³/mol. The maximum absolute atomic E-state index is 12.6. The van der Waals surface area contributed by atoms with Crippen molar-refractivity contribution in [1.29, 1.82) is 0 Å². The van der Waals surface area contributed by atoms with Gasteiger partial charge in [-0.15, -0.1) is 0 Å². The van der Waals surface area contributed by atoms with Crippen molar-refractivity contribution in [2.75, 3.05) is 0 Å². The number of carbonyl (C=O) groups is 1. The normalized spacial score (nSPS) is 16.7. The van der Waals surface area contributed by atoms with E-state index in [1.807, 2.05) is 32.0 Å². The lowest BCUT2D eigenvalue weighted by atomic mass is 9.86. The molecule has 0 aliphatic carbocycles. The SMILES string of the molecule is CCCCCCCCCCCCCCCCC1(C)CCc2c(c(C)c(C)c(O)c2SC(N)=[NH+]C(=O)c2ccccc2)O1. The first-order valence-electron chi connectivity index (χ1n) is 16.5. The molecule has 232 valence electrons. The Labute approximate surface area is 259 Å². The van der Waals surface area contributed by atoms with Crippen LogP contribution in [0.2, 0.25) is 0 Å². The Morgan fingerprint density at radius 2 is 1.45 bits per heavy atom. The lowest BCUT2D eigenvalue weighted by Crippen LogP contribution is -2.78. The molecule has 6 heteroatoms. The van der Waals surface area contributed by atoms with Crippen molar-refractivity contribution < 1.29 is 19.6 Å². The zero-order chi connectivity index (χ0) is 30.4. The van der Waals surface area contributed by atoms with Gasteiger partial charge in [-0.2, -0.15) is 0 Å². The second-order valence-electron chi connectivity index (χ2n) is 12.4. The number of rotatable bonds is 17. The number of nitrogens with two attached hydrogens (primary N) is 1. The Morgan fingerprint density at radius 1 is 0.905 bits per heavy atom. The molecule has 1 aliphatic heterocycles. The lowest BCUT2D eigenvalue weighted by Gasteiger charge is -2.38. The van der Waals surface area contributed by atoms with Gasteiger partial charge in [0.05, 0.1) is 10.5 Å². The van der Waals surface area contributed by atoms with E-state index in [0.29, 0.717) is 10.5 Å². The van der Waals surface area contributed by atoms with E-state index in [-0.39, 0.29) is 22.4 Å². The summed E-state index contributed by atoms with van der Waals surface area (Å²) in [4.78, 5) is 16.0. The molecule has 0 aromatic heterocycles. The number of benzene rings is 2. The molecule has 0 saturated heterocycles. The molecule has 1 unspecified atom stereocenters. The largest absolute Gasteiger partial charge is 0.506 e. The molecule has 3 rings (SSSR count). The van der Waals surface area contributed by atoms with E-state index in [2.05, 4.69) is 18.8 Å². The molecule has 0 radical (unpaired) electrons. The van der Waals surface area contributed by atoms with Crippen LogP contribution in [0.25, 0.3) is 0 Å². The van der Waals surface area contributed by atoms with E-state index in [1.165, 1.54) is 102 Å². The number of nitrogens with one attached hydrogen (secondary N) is 1. The Balaban J connectivity index is 1.46. The fourth-order valence-electron chi connectivity index (χ4n) is 5.93. The molecule has 42 heavy (non-hydrogen) atoms. The van der Waals surface area contributed by atoms with Crippen LogP contribution in [0.4, 0.5) is 0 Å². The van der Waals surface area contributed by atoms with Gasteiger partial charge in [-0.05, 0) is 69.7 Å². The number of hydrogen-bond donors (Lipinski definition) is 3. The van der Waals surface area contributed by atoms with Crippen LogP contribution >= 0.6 is 11.8 Å². The van der Waals surface area contributed by atoms with E-state index in [1.54, 1.807) is 12.1 Å². The molecule has 2 aromatic rings. The number of phenols is 1. The summed E-state index contributed by atoms with van der Waals surface area (Å²) in [6.07, 6.45) is 21.8. The first-order valence-corrected chi connectivity index (χ1v) is 17.3. The molecular weight excluding hydrogens is 540 g/mol. The molecule has 1 aliphatic rings. The minimum absolute atomic E-state index is 0.211. The fourth-order valence-corrected chi connectivity index (χ4v) is 6.86. The van der Waals surface area contributed by atoms with Gasteiger partial charge >= 0.3 is 11.1 Å². The minimum atomic E-state index is -0.269. The van der Waals surface area contributed by atoms with Crippen LogP contribution in [-0.2, 0) is 6.42 Å². The van der Waals surface area contributed by atoms with Crippen LogP contribution in [0, 0.1) is 13.8 Å². The molecule has 0 fully saturated rings. The Morgan fingerprint density at radius 3 is 2.02 bits per heavy atom. The van der Waals surface area contributed by atoms with Crippen molar-refractivity contribution in [2.24, 2.45) is 5.73 Å². The second kappa shape index (κ2) is 17.6. The van der Waals surface area contributed by atoms with Gasteiger partial charge in [-0.25, -0.2) is 9.79 Å². The van der Waals surface area contributed by atoms with Crippen LogP contribution in [0.1, 0.15) is 144 Å². The third-order valence-corrected chi connectivity index (χ3v) is 9.78. The number of amidine groups is 1. The molecule has 5 nitrogen and oxygen atoms in total. The molecule has 0 bridgehead atoms. The van der Waals surface area contributed by atoms with Gasteiger partial charge < -0.3 is 9.84 Å². The van der Waals surface area contributed by atoms with Crippen LogP contribution in [0.3, 0.4) is 0 Å². The van der Waals surface area contributed by atoms with Gasteiger partial charge in [0.25, 0.3) is 0 Å². The number of aromatic hydroxyl groups is 1. The number of thioether (sulfide) groups is 1. The van der Waals surface area contributed by atoms with E-state index in [4.69, 9.17) is 10.5 Å². The smallest absolute Gasteiger partial charge is 0.339 e. The lowest BCUT2D eigenvalue weighted by molar-refractivity contribution is -0.342. The van der Waals surface area contributed by atoms with Crippen molar-refractivity contribution >= 4 is 22.8 Å². The number of fused-ring (bicyclic) bond motifs is 1. The number of ether oxygens (including phenoxy) is 1. The highest BCUT2D eigenvalue weighted by molar-refractivity contribution is 8.13. The summed E-state index contributed by atoms with van der Waals surface area (Å²) in [6, 6.07) is 8.99. The van der Waals surface area contributed by atoms with E-state index in [9.17, 15) is 9.90 Å². The van der Waals surface area contributed by atoms with Gasteiger partial charge in [0.2, 0.25) is 0 Å². The second-order valence-corrected chi connectivity index (χ2v) is 13.5. The van der Waals surface area contributed by atoms with Crippen LogP contribution in [0.5, 0.6) is 11.5 Å². The summed E-state index contributed by atoms with van der Waals surface area (Å²) in [5.74, 6) is 0.816. The maximum atomic E-state index is 12.6. The first kappa shape index (κ1) is 34.0. The molecule has 1 amide bonds. The number of phenolic OH excluding ortho intramolecular Hbond substituents is 1. The molecule has 1 atom stereocenters. The number of hydrogen-bond acceptors (Lipinski definition) is 4. The van der Waals surface area contributed by atoms with Crippen molar-refractivity contribution in [3.05, 3.63) is 52.6 Å². The monoisotopic (exact) mass is 595 g/mol. The average molecular weight is 596 g/mol. The standard InChI is InChI=1S/C36H54N2O3S/c1-5-6-7-8-9-10-11-12-13-14-15-16-17-21-25-36(4)26-24-30-32(41-36)28(3)27(2)31(39)33(30)42-35(37)38-34(40)29-22-19-18-20-23-29/h18-20,22-23,39H,5-17,21,24-26H2,1-4H3,(H2,37,38,40)/p+1. The van der Waals surface area contributed by atoms with Gasteiger partial charge in [0, 0.05) is 17.3 Å².